The standard InChI is InChI=1S/C34H35NO/c1-20-8-11-24-23(14-20)16-27-31-30-25(12-13-35-31)26-15-21(18-33(2,3)4)9-10-22(26)17-29(30)36-32(27)28(24)19-34(5,6)7/h8-17H,18-19H2,1-7H3. The first-order valence-electron chi connectivity index (χ1n) is 13.1. The van der Waals surface area contributed by atoms with Crippen LogP contribution in [0.25, 0.3) is 43.6 Å². The Bertz CT molecular complexity index is 1680. The van der Waals surface area contributed by atoms with E-state index in [4.69, 9.17) is 9.72 Å². The van der Waals surface area contributed by atoms with Crippen molar-refractivity contribution in [3.63, 3.8) is 0 Å². The number of aryl methyl sites for hydroxylation is 1. The summed E-state index contributed by atoms with van der Waals surface area (Å²) in [6.45, 7) is 15.9. The van der Waals surface area contributed by atoms with E-state index >= 15 is 0 Å². The summed E-state index contributed by atoms with van der Waals surface area (Å²) >= 11 is 0. The molecule has 1 aliphatic heterocycles. The molecule has 0 spiro atoms. The third kappa shape index (κ3) is 3.93. The first-order chi connectivity index (χ1) is 17.0. The molecule has 182 valence electrons. The number of fused-ring (bicyclic) bond motifs is 5. The summed E-state index contributed by atoms with van der Waals surface area (Å²) in [5.74, 6) is 1.88. The van der Waals surface area contributed by atoms with Crippen molar-refractivity contribution in [3.05, 3.63) is 77.5 Å². The van der Waals surface area contributed by atoms with Gasteiger partial charge in [0.05, 0.1) is 11.1 Å². The Morgan fingerprint density at radius 2 is 1.50 bits per heavy atom. The maximum Gasteiger partial charge on any atom is 0.140 e. The van der Waals surface area contributed by atoms with Crippen molar-refractivity contribution >= 4 is 32.3 Å². The molecule has 0 saturated carbocycles. The van der Waals surface area contributed by atoms with Gasteiger partial charge >= 0.3 is 0 Å². The van der Waals surface area contributed by atoms with Gasteiger partial charge in [-0.3, -0.25) is 4.98 Å². The van der Waals surface area contributed by atoms with Gasteiger partial charge in [-0.15, -0.1) is 0 Å². The molecule has 0 N–H and O–H groups in total. The van der Waals surface area contributed by atoms with Gasteiger partial charge in [0, 0.05) is 17.3 Å². The number of ether oxygens (including phenoxy) is 1. The highest BCUT2D eigenvalue weighted by Crippen LogP contribution is 2.51. The molecule has 0 unspecified atom stereocenters. The monoisotopic (exact) mass is 473 g/mol. The molecule has 0 amide bonds. The quantitative estimate of drug-likeness (QED) is 0.233. The van der Waals surface area contributed by atoms with Crippen LogP contribution in [0.3, 0.4) is 0 Å². The largest absolute Gasteiger partial charge is 0.456 e. The summed E-state index contributed by atoms with van der Waals surface area (Å²) in [4.78, 5) is 4.95. The summed E-state index contributed by atoms with van der Waals surface area (Å²) < 4.78 is 6.84. The molecule has 2 heterocycles. The Morgan fingerprint density at radius 3 is 2.25 bits per heavy atom. The fourth-order valence-electron chi connectivity index (χ4n) is 5.81. The average molecular weight is 474 g/mol. The third-order valence-electron chi connectivity index (χ3n) is 7.15. The molecule has 0 bridgehead atoms. The zero-order chi connectivity index (χ0) is 25.4. The van der Waals surface area contributed by atoms with E-state index in [9.17, 15) is 0 Å². The molecule has 0 aliphatic carbocycles. The first-order valence-corrected chi connectivity index (χ1v) is 13.1. The van der Waals surface area contributed by atoms with E-state index in [1.165, 1.54) is 43.6 Å². The molecule has 1 aliphatic rings. The summed E-state index contributed by atoms with van der Waals surface area (Å²) in [6.07, 6.45) is 3.95. The van der Waals surface area contributed by atoms with E-state index in [0.717, 1.165) is 41.0 Å². The van der Waals surface area contributed by atoms with Crippen LogP contribution in [-0.2, 0) is 12.8 Å². The molecule has 2 nitrogen and oxygen atoms in total. The van der Waals surface area contributed by atoms with E-state index in [0.29, 0.717) is 0 Å². The summed E-state index contributed by atoms with van der Waals surface area (Å²) in [7, 11) is 0. The number of pyridine rings is 1. The fraction of sp³-hybridized carbons (Fsp3) is 0.324. The molecule has 0 fully saturated rings. The third-order valence-corrected chi connectivity index (χ3v) is 7.15. The van der Waals surface area contributed by atoms with E-state index in [2.05, 4.69) is 103 Å². The van der Waals surface area contributed by atoms with Crippen LogP contribution < -0.4 is 4.74 Å². The highest BCUT2D eigenvalue weighted by atomic mass is 16.5. The molecule has 0 atom stereocenters. The maximum absolute atomic E-state index is 6.84. The van der Waals surface area contributed by atoms with E-state index in [1.807, 2.05) is 6.20 Å². The van der Waals surface area contributed by atoms with Gasteiger partial charge in [0.15, 0.2) is 0 Å². The van der Waals surface area contributed by atoms with E-state index < -0.39 is 0 Å². The minimum atomic E-state index is 0.128. The number of rotatable bonds is 2. The lowest BCUT2D eigenvalue weighted by Gasteiger charge is -2.28. The molecule has 1 aromatic heterocycles. The molecule has 4 aromatic carbocycles. The second kappa shape index (κ2) is 7.80. The van der Waals surface area contributed by atoms with Crippen molar-refractivity contribution in [2.45, 2.75) is 61.3 Å². The zero-order valence-electron chi connectivity index (χ0n) is 22.5. The van der Waals surface area contributed by atoms with Crippen molar-refractivity contribution in [2.75, 3.05) is 0 Å². The number of nitrogens with zero attached hydrogens (tertiary/aromatic N) is 1. The van der Waals surface area contributed by atoms with Crippen molar-refractivity contribution < 1.29 is 4.74 Å². The normalized spacial score (nSPS) is 13.3. The molecule has 6 rings (SSSR count). The minimum Gasteiger partial charge on any atom is -0.456 e. The minimum absolute atomic E-state index is 0.128. The van der Waals surface area contributed by atoms with Gasteiger partial charge in [-0.05, 0) is 81.3 Å². The van der Waals surface area contributed by atoms with Crippen LogP contribution in [0.1, 0.15) is 58.2 Å². The van der Waals surface area contributed by atoms with E-state index in [1.54, 1.807) is 0 Å². The molecule has 0 radical (unpaired) electrons. The van der Waals surface area contributed by atoms with Crippen molar-refractivity contribution in [3.8, 4) is 22.8 Å². The van der Waals surface area contributed by atoms with Crippen LogP contribution in [0, 0.1) is 17.8 Å². The Kier molecular flexibility index (Phi) is 4.99. The molecule has 5 aromatic rings. The molecule has 0 saturated heterocycles. The van der Waals surface area contributed by atoms with Gasteiger partial charge in [-0.2, -0.15) is 0 Å². The smallest absolute Gasteiger partial charge is 0.140 e. The Hall–Kier alpha value is -3.39. The molecule has 2 heteroatoms. The molecule has 36 heavy (non-hydrogen) atoms. The summed E-state index contributed by atoms with van der Waals surface area (Å²) in [6, 6.07) is 20.3. The predicted octanol–water partition coefficient (Wildman–Crippen LogP) is 9.80. The van der Waals surface area contributed by atoms with Gasteiger partial charge in [0.2, 0.25) is 0 Å². The second-order valence-corrected chi connectivity index (χ2v) is 13.0. The first kappa shape index (κ1) is 23.0. The number of benzene rings is 4. The topological polar surface area (TPSA) is 22.1 Å². The summed E-state index contributed by atoms with van der Waals surface area (Å²) in [5.41, 5.74) is 6.43. The second-order valence-electron chi connectivity index (χ2n) is 13.0. The maximum atomic E-state index is 6.84. The van der Waals surface area contributed by atoms with Gasteiger partial charge in [0.1, 0.15) is 11.5 Å². The fourth-order valence-corrected chi connectivity index (χ4v) is 5.81. The molecular formula is C34H35NO. The zero-order valence-corrected chi connectivity index (χ0v) is 22.5. The number of hydrogen-bond donors (Lipinski definition) is 0. The lowest BCUT2D eigenvalue weighted by atomic mass is 9.83. The number of hydrogen-bond acceptors (Lipinski definition) is 2. The van der Waals surface area contributed by atoms with Crippen LogP contribution in [0.15, 0.2) is 60.8 Å². The average Bonchev–Trinajstić information content (AvgIpc) is 2.78. The van der Waals surface area contributed by atoms with Gasteiger partial charge in [-0.25, -0.2) is 0 Å². The van der Waals surface area contributed by atoms with Gasteiger partial charge in [0.25, 0.3) is 0 Å². The van der Waals surface area contributed by atoms with Crippen molar-refractivity contribution in [2.24, 2.45) is 10.8 Å². The molecular weight excluding hydrogens is 438 g/mol. The van der Waals surface area contributed by atoms with Crippen LogP contribution in [0.2, 0.25) is 0 Å². The lowest BCUT2D eigenvalue weighted by molar-refractivity contribution is 0.400. The highest BCUT2D eigenvalue weighted by Gasteiger charge is 2.28. The van der Waals surface area contributed by atoms with Crippen LogP contribution >= 0.6 is 0 Å². The highest BCUT2D eigenvalue weighted by molar-refractivity contribution is 6.16. The van der Waals surface area contributed by atoms with Crippen molar-refractivity contribution in [1.29, 1.82) is 0 Å². The van der Waals surface area contributed by atoms with Crippen LogP contribution in [0.5, 0.6) is 11.5 Å². The van der Waals surface area contributed by atoms with Crippen molar-refractivity contribution in [1.82, 2.24) is 4.98 Å². The van der Waals surface area contributed by atoms with Gasteiger partial charge in [-0.1, -0.05) is 83.5 Å². The predicted molar refractivity (Wildman–Crippen MR) is 153 cm³/mol. The SMILES string of the molecule is Cc1ccc2c(CC(C)(C)C)c3c(cc2c1)-c1nccc2c1c(cc1ccc(CC(C)(C)C)cc12)O3. The van der Waals surface area contributed by atoms with Crippen LogP contribution in [-0.4, -0.2) is 4.98 Å². The Labute approximate surface area is 214 Å². The Balaban J connectivity index is 1.66. The van der Waals surface area contributed by atoms with Crippen LogP contribution in [0.4, 0.5) is 0 Å². The lowest BCUT2D eigenvalue weighted by Crippen LogP contribution is -2.12. The van der Waals surface area contributed by atoms with E-state index in [-0.39, 0.29) is 10.8 Å². The summed E-state index contributed by atoms with van der Waals surface area (Å²) in [5, 5.41) is 7.36. The Morgan fingerprint density at radius 1 is 0.722 bits per heavy atom. The number of aromatic nitrogens is 1. The van der Waals surface area contributed by atoms with Gasteiger partial charge < -0.3 is 4.74 Å².